The van der Waals surface area contributed by atoms with Crippen molar-refractivity contribution in [2.75, 3.05) is 51.5 Å². The van der Waals surface area contributed by atoms with Crippen LogP contribution in [0, 0.1) is 0 Å². The molecule has 1 aromatic rings. The van der Waals surface area contributed by atoms with Gasteiger partial charge in [0.2, 0.25) is 0 Å². The van der Waals surface area contributed by atoms with Crippen molar-refractivity contribution >= 4 is 5.82 Å². The van der Waals surface area contributed by atoms with Crippen LogP contribution in [0.4, 0.5) is 5.82 Å². The van der Waals surface area contributed by atoms with E-state index in [2.05, 4.69) is 34.3 Å². The molecule has 1 aromatic heterocycles. The topological polar surface area (TPSA) is 46.6 Å². The zero-order valence-electron chi connectivity index (χ0n) is 12.9. The monoisotopic (exact) mass is 281 g/mol. The van der Waals surface area contributed by atoms with E-state index in [0.717, 1.165) is 51.8 Å². The number of nitrogens with one attached hydrogen (secondary N) is 1. The van der Waals surface area contributed by atoms with Gasteiger partial charge in [-0.1, -0.05) is 6.07 Å². The number of hydrogen-bond donors (Lipinski definition) is 1. The summed E-state index contributed by atoms with van der Waals surface area (Å²) < 4.78 is 10.4. The maximum atomic E-state index is 5.40. The molecular formula is C15H27N3O2. The molecule has 0 aliphatic heterocycles. The lowest BCUT2D eigenvalue weighted by Crippen LogP contribution is -2.28. The third-order valence-corrected chi connectivity index (χ3v) is 3.04. The van der Waals surface area contributed by atoms with Crippen LogP contribution in [0.15, 0.2) is 18.3 Å². The molecule has 0 saturated carbocycles. The largest absolute Gasteiger partial charge is 0.383 e. The van der Waals surface area contributed by atoms with Gasteiger partial charge in [0, 0.05) is 46.1 Å². The minimum atomic E-state index is 0.729. The number of nitrogens with zero attached hydrogens (tertiary/aromatic N) is 2. The molecule has 5 heteroatoms. The first kappa shape index (κ1) is 16.9. The van der Waals surface area contributed by atoms with E-state index < -0.39 is 0 Å². The average Bonchev–Trinajstić information content (AvgIpc) is 2.49. The molecule has 114 valence electrons. The second-order valence-electron chi connectivity index (χ2n) is 4.47. The van der Waals surface area contributed by atoms with Crippen LogP contribution in [0.2, 0.25) is 0 Å². The summed E-state index contributed by atoms with van der Waals surface area (Å²) in [6.07, 6.45) is 1.93. The van der Waals surface area contributed by atoms with Gasteiger partial charge in [-0.3, -0.25) is 0 Å². The van der Waals surface area contributed by atoms with Crippen molar-refractivity contribution in [1.29, 1.82) is 0 Å². The first-order valence-electron chi connectivity index (χ1n) is 7.29. The lowest BCUT2D eigenvalue weighted by Gasteiger charge is -2.21. The zero-order valence-corrected chi connectivity index (χ0v) is 12.9. The normalized spacial score (nSPS) is 10.8. The molecule has 0 aliphatic carbocycles. The fourth-order valence-corrected chi connectivity index (χ4v) is 1.87. The van der Waals surface area contributed by atoms with E-state index in [1.807, 2.05) is 13.1 Å². The molecule has 0 saturated heterocycles. The summed E-state index contributed by atoms with van der Waals surface area (Å²) >= 11 is 0. The van der Waals surface area contributed by atoms with Gasteiger partial charge in [-0.15, -0.1) is 0 Å². The standard InChI is InChI=1S/C15H27N3O2/c1-4-18(9-11-20-5-2)15-7-6-14(13-17-15)12-16-8-10-19-3/h6-7,13,16H,4-5,8-12H2,1-3H3. The molecule has 0 amide bonds. The van der Waals surface area contributed by atoms with Crippen LogP contribution in [0.5, 0.6) is 0 Å². The smallest absolute Gasteiger partial charge is 0.128 e. The molecule has 0 fully saturated rings. The maximum absolute atomic E-state index is 5.40. The Morgan fingerprint density at radius 2 is 2.10 bits per heavy atom. The summed E-state index contributed by atoms with van der Waals surface area (Å²) in [6, 6.07) is 4.19. The van der Waals surface area contributed by atoms with Gasteiger partial charge in [0.25, 0.3) is 0 Å². The lowest BCUT2D eigenvalue weighted by atomic mass is 10.2. The second-order valence-corrected chi connectivity index (χ2v) is 4.47. The first-order chi connectivity index (χ1) is 9.81. The Bertz CT molecular complexity index is 343. The van der Waals surface area contributed by atoms with Crippen molar-refractivity contribution in [3.63, 3.8) is 0 Å². The van der Waals surface area contributed by atoms with Crippen molar-refractivity contribution in [2.24, 2.45) is 0 Å². The predicted molar refractivity (Wildman–Crippen MR) is 82.2 cm³/mol. The minimum Gasteiger partial charge on any atom is -0.383 e. The third kappa shape index (κ3) is 6.32. The Balaban J connectivity index is 2.42. The van der Waals surface area contributed by atoms with E-state index in [4.69, 9.17) is 9.47 Å². The molecule has 0 spiro atoms. The quantitative estimate of drug-likeness (QED) is 0.625. The second kappa shape index (κ2) is 10.6. The van der Waals surface area contributed by atoms with Crippen molar-refractivity contribution in [2.45, 2.75) is 20.4 Å². The van der Waals surface area contributed by atoms with E-state index in [9.17, 15) is 0 Å². The third-order valence-electron chi connectivity index (χ3n) is 3.04. The highest BCUT2D eigenvalue weighted by atomic mass is 16.5. The summed E-state index contributed by atoms with van der Waals surface area (Å²) in [6.45, 7) is 9.87. The fraction of sp³-hybridized carbons (Fsp3) is 0.667. The van der Waals surface area contributed by atoms with Crippen LogP contribution in [0.1, 0.15) is 19.4 Å². The van der Waals surface area contributed by atoms with Gasteiger partial charge in [-0.05, 0) is 25.5 Å². The van der Waals surface area contributed by atoms with E-state index in [1.165, 1.54) is 5.56 Å². The number of anilines is 1. The summed E-state index contributed by atoms with van der Waals surface area (Å²) in [5, 5.41) is 3.31. The SMILES string of the molecule is CCOCCN(CC)c1ccc(CNCCOC)cn1. The van der Waals surface area contributed by atoms with Crippen LogP contribution in [0.3, 0.4) is 0 Å². The minimum absolute atomic E-state index is 0.729. The van der Waals surface area contributed by atoms with Crippen LogP contribution in [0.25, 0.3) is 0 Å². The molecule has 0 atom stereocenters. The van der Waals surface area contributed by atoms with Gasteiger partial charge >= 0.3 is 0 Å². The van der Waals surface area contributed by atoms with Crippen molar-refractivity contribution in [1.82, 2.24) is 10.3 Å². The predicted octanol–water partition coefficient (Wildman–Crippen LogP) is 1.68. The lowest BCUT2D eigenvalue weighted by molar-refractivity contribution is 0.154. The number of likely N-dealkylation sites (N-methyl/N-ethyl adjacent to an activating group) is 1. The van der Waals surface area contributed by atoms with E-state index in [1.54, 1.807) is 7.11 Å². The van der Waals surface area contributed by atoms with Crippen LogP contribution in [-0.2, 0) is 16.0 Å². The number of rotatable bonds is 11. The van der Waals surface area contributed by atoms with E-state index in [0.29, 0.717) is 0 Å². The van der Waals surface area contributed by atoms with Gasteiger partial charge in [0.15, 0.2) is 0 Å². The summed E-state index contributed by atoms with van der Waals surface area (Å²) in [5.41, 5.74) is 1.19. The Kier molecular flexibility index (Phi) is 8.95. The van der Waals surface area contributed by atoms with Crippen molar-refractivity contribution < 1.29 is 9.47 Å². The van der Waals surface area contributed by atoms with Crippen LogP contribution in [-0.4, -0.2) is 51.5 Å². The molecule has 0 aromatic carbocycles. The first-order valence-corrected chi connectivity index (χ1v) is 7.29. The number of aromatic nitrogens is 1. The van der Waals surface area contributed by atoms with Gasteiger partial charge in [0.05, 0.1) is 13.2 Å². The average molecular weight is 281 g/mol. The number of methoxy groups -OCH3 is 1. The Morgan fingerprint density at radius 1 is 1.25 bits per heavy atom. The highest BCUT2D eigenvalue weighted by Crippen LogP contribution is 2.10. The molecule has 0 radical (unpaired) electrons. The van der Waals surface area contributed by atoms with Gasteiger partial charge in [-0.25, -0.2) is 4.98 Å². The maximum Gasteiger partial charge on any atom is 0.128 e. The Labute approximate surface area is 122 Å². The summed E-state index contributed by atoms with van der Waals surface area (Å²) in [4.78, 5) is 6.75. The summed E-state index contributed by atoms with van der Waals surface area (Å²) in [7, 11) is 1.71. The fourth-order valence-electron chi connectivity index (χ4n) is 1.87. The molecule has 5 nitrogen and oxygen atoms in total. The number of hydrogen-bond acceptors (Lipinski definition) is 5. The van der Waals surface area contributed by atoms with E-state index in [-0.39, 0.29) is 0 Å². The molecular weight excluding hydrogens is 254 g/mol. The Hall–Kier alpha value is -1.17. The molecule has 0 aliphatic rings. The number of pyridine rings is 1. The highest BCUT2D eigenvalue weighted by Gasteiger charge is 2.05. The molecule has 20 heavy (non-hydrogen) atoms. The summed E-state index contributed by atoms with van der Waals surface area (Å²) in [5.74, 6) is 1.01. The Morgan fingerprint density at radius 3 is 2.70 bits per heavy atom. The molecule has 0 bridgehead atoms. The van der Waals surface area contributed by atoms with Crippen LogP contribution >= 0.6 is 0 Å². The molecule has 1 N–H and O–H groups in total. The van der Waals surface area contributed by atoms with Crippen molar-refractivity contribution in [3.8, 4) is 0 Å². The molecule has 0 unspecified atom stereocenters. The molecule has 1 rings (SSSR count). The van der Waals surface area contributed by atoms with Gasteiger partial charge < -0.3 is 19.7 Å². The highest BCUT2D eigenvalue weighted by molar-refractivity contribution is 5.39. The zero-order chi connectivity index (χ0) is 14.6. The van der Waals surface area contributed by atoms with Crippen molar-refractivity contribution in [3.05, 3.63) is 23.9 Å². The van der Waals surface area contributed by atoms with Crippen LogP contribution < -0.4 is 10.2 Å². The number of ether oxygens (including phenoxy) is 2. The van der Waals surface area contributed by atoms with Gasteiger partial charge in [-0.2, -0.15) is 0 Å². The van der Waals surface area contributed by atoms with E-state index >= 15 is 0 Å². The van der Waals surface area contributed by atoms with Gasteiger partial charge in [0.1, 0.15) is 5.82 Å². The molecule has 1 heterocycles.